The SMILES string of the molecule is COc1c(Br)cc(C)cc1-c1cccc2ccccc12. The Balaban J connectivity index is 2.36. The van der Waals surface area contributed by atoms with E-state index in [1.165, 1.54) is 21.9 Å². The number of hydrogen-bond acceptors (Lipinski definition) is 1. The first-order chi connectivity index (χ1) is 9.70. The van der Waals surface area contributed by atoms with Crippen LogP contribution in [0.4, 0.5) is 0 Å². The standard InChI is InChI=1S/C18H15BrO/c1-12-10-16(18(20-2)17(19)11-12)15-9-5-7-13-6-3-4-8-14(13)15/h3-11H,1-2H3. The number of rotatable bonds is 2. The zero-order valence-corrected chi connectivity index (χ0v) is 13.1. The van der Waals surface area contributed by atoms with Crippen LogP contribution in [0.3, 0.4) is 0 Å². The lowest BCUT2D eigenvalue weighted by molar-refractivity contribution is 0.414. The van der Waals surface area contributed by atoms with Crippen molar-refractivity contribution in [2.75, 3.05) is 7.11 Å². The molecule has 0 bridgehead atoms. The first-order valence-corrected chi connectivity index (χ1v) is 7.32. The van der Waals surface area contributed by atoms with Crippen molar-refractivity contribution in [2.45, 2.75) is 6.92 Å². The molecule has 0 amide bonds. The van der Waals surface area contributed by atoms with Gasteiger partial charge in [0, 0.05) is 5.56 Å². The van der Waals surface area contributed by atoms with Gasteiger partial charge in [0.15, 0.2) is 0 Å². The average Bonchev–Trinajstić information content (AvgIpc) is 2.46. The Kier molecular flexibility index (Phi) is 3.49. The fourth-order valence-corrected chi connectivity index (χ4v) is 3.33. The molecule has 20 heavy (non-hydrogen) atoms. The van der Waals surface area contributed by atoms with Crippen LogP contribution < -0.4 is 4.74 Å². The summed E-state index contributed by atoms with van der Waals surface area (Å²) in [6.45, 7) is 2.10. The molecule has 0 aliphatic carbocycles. The molecule has 0 radical (unpaired) electrons. The first kappa shape index (κ1) is 13.2. The van der Waals surface area contributed by atoms with Gasteiger partial charge in [-0.05, 0) is 56.9 Å². The maximum atomic E-state index is 5.59. The maximum absolute atomic E-state index is 5.59. The van der Waals surface area contributed by atoms with Gasteiger partial charge in [-0.1, -0.05) is 42.5 Å². The molecule has 3 aromatic rings. The minimum Gasteiger partial charge on any atom is -0.495 e. The molecule has 2 heteroatoms. The van der Waals surface area contributed by atoms with E-state index >= 15 is 0 Å². The van der Waals surface area contributed by atoms with Gasteiger partial charge >= 0.3 is 0 Å². The second-order valence-corrected chi connectivity index (χ2v) is 5.71. The van der Waals surface area contributed by atoms with E-state index in [2.05, 4.69) is 77.5 Å². The van der Waals surface area contributed by atoms with Gasteiger partial charge in [-0.3, -0.25) is 0 Å². The van der Waals surface area contributed by atoms with Crippen LogP contribution in [0.1, 0.15) is 5.56 Å². The quantitative estimate of drug-likeness (QED) is 0.596. The van der Waals surface area contributed by atoms with Gasteiger partial charge in [0.2, 0.25) is 0 Å². The summed E-state index contributed by atoms with van der Waals surface area (Å²) in [6.07, 6.45) is 0. The van der Waals surface area contributed by atoms with Gasteiger partial charge in [0.1, 0.15) is 5.75 Å². The summed E-state index contributed by atoms with van der Waals surface area (Å²) in [7, 11) is 1.71. The molecule has 0 N–H and O–H groups in total. The largest absolute Gasteiger partial charge is 0.495 e. The topological polar surface area (TPSA) is 9.23 Å². The predicted molar refractivity (Wildman–Crippen MR) is 88.4 cm³/mol. The Morgan fingerprint density at radius 3 is 2.45 bits per heavy atom. The molecule has 3 aromatic carbocycles. The molecule has 100 valence electrons. The van der Waals surface area contributed by atoms with E-state index in [-0.39, 0.29) is 0 Å². The number of methoxy groups -OCH3 is 1. The Morgan fingerprint density at radius 1 is 0.900 bits per heavy atom. The van der Waals surface area contributed by atoms with Crippen LogP contribution in [0.5, 0.6) is 5.75 Å². The highest BCUT2D eigenvalue weighted by atomic mass is 79.9. The summed E-state index contributed by atoms with van der Waals surface area (Å²) in [5.41, 5.74) is 3.53. The van der Waals surface area contributed by atoms with Gasteiger partial charge in [-0.2, -0.15) is 0 Å². The summed E-state index contributed by atoms with van der Waals surface area (Å²) in [5, 5.41) is 2.48. The number of aryl methyl sites for hydroxylation is 1. The number of hydrogen-bond donors (Lipinski definition) is 0. The lowest BCUT2D eigenvalue weighted by Crippen LogP contribution is -1.91. The third-order valence-corrected chi connectivity index (χ3v) is 4.06. The van der Waals surface area contributed by atoms with Crippen molar-refractivity contribution in [3.05, 3.63) is 64.6 Å². The Labute approximate surface area is 127 Å². The van der Waals surface area contributed by atoms with Crippen molar-refractivity contribution in [1.82, 2.24) is 0 Å². The molecule has 0 atom stereocenters. The van der Waals surface area contributed by atoms with Gasteiger partial charge in [-0.15, -0.1) is 0 Å². The molecular formula is C18H15BrO. The van der Waals surface area contributed by atoms with Gasteiger partial charge < -0.3 is 4.74 Å². The summed E-state index contributed by atoms with van der Waals surface area (Å²) in [5.74, 6) is 0.881. The molecule has 0 spiro atoms. The summed E-state index contributed by atoms with van der Waals surface area (Å²) in [4.78, 5) is 0. The van der Waals surface area contributed by atoms with E-state index in [0.717, 1.165) is 15.8 Å². The molecule has 0 aromatic heterocycles. The Bertz CT molecular complexity index is 772. The third kappa shape index (κ3) is 2.20. The van der Waals surface area contributed by atoms with E-state index in [1.807, 2.05) is 0 Å². The molecular weight excluding hydrogens is 312 g/mol. The lowest BCUT2D eigenvalue weighted by Gasteiger charge is -2.14. The predicted octanol–water partition coefficient (Wildman–Crippen LogP) is 5.59. The van der Waals surface area contributed by atoms with Gasteiger partial charge in [0.05, 0.1) is 11.6 Å². The molecule has 1 nitrogen and oxygen atoms in total. The molecule has 0 heterocycles. The lowest BCUT2D eigenvalue weighted by atomic mass is 9.96. The van der Waals surface area contributed by atoms with Crippen LogP contribution in [0.2, 0.25) is 0 Å². The van der Waals surface area contributed by atoms with Crippen molar-refractivity contribution >= 4 is 26.7 Å². The number of fused-ring (bicyclic) bond motifs is 1. The zero-order chi connectivity index (χ0) is 14.1. The Morgan fingerprint density at radius 2 is 1.65 bits per heavy atom. The number of ether oxygens (including phenoxy) is 1. The summed E-state index contributed by atoms with van der Waals surface area (Å²) < 4.78 is 6.58. The molecule has 0 aliphatic rings. The monoisotopic (exact) mass is 326 g/mol. The highest BCUT2D eigenvalue weighted by molar-refractivity contribution is 9.10. The second kappa shape index (κ2) is 5.29. The second-order valence-electron chi connectivity index (χ2n) is 4.85. The molecule has 0 aliphatic heterocycles. The van der Waals surface area contributed by atoms with Crippen LogP contribution in [-0.2, 0) is 0 Å². The molecule has 0 saturated heterocycles. The zero-order valence-electron chi connectivity index (χ0n) is 11.5. The number of halogens is 1. The van der Waals surface area contributed by atoms with Crippen LogP contribution in [0.25, 0.3) is 21.9 Å². The highest BCUT2D eigenvalue weighted by Gasteiger charge is 2.12. The number of benzene rings is 3. The van der Waals surface area contributed by atoms with Crippen molar-refractivity contribution in [2.24, 2.45) is 0 Å². The van der Waals surface area contributed by atoms with Gasteiger partial charge in [-0.25, -0.2) is 0 Å². The normalized spacial score (nSPS) is 10.8. The first-order valence-electron chi connectivity index (χ1n) is 6.53. The fraction of sp³-hybridized carbons (Fsp3) is 0.111. The van der Waals surface area contributed by atoms with E-state index < -0.39 is 0 Å². The van der Waals surface area contributed by atoms with E-state index in [9.17, 15) is 0 Å². The summed E-state index contributed by atoms with van der Waals surface area (Å²) in [6, 6.07) is 19.0. The fourth-order valence-electron chi connectivity index (χ4n) is 2.60. The van der Waals surface area contributed by atoms with Gasteiger partial charge in [0.25, 0.3) is 0 Å². The minimum absolute atomic E-state index is 0.881. The highest BCUT2D eigenvalue weighted by Crippen LogP contribution is 2.40. The van der Waals surface area contributed by atoms with Crippen LogP contribution >= 0.6 is 15.9 Å². The van der Waals surface area contributed by atoms with E-state index in [1.54, 1.807) is 7.11 Å². The Hall–Kier alpha value is -1.80. The minimum atomic E-state index is 0.881. The average molecular weight is 327 g/mol. The molecule has 3 rings (SSSR count). The van der Waals surface area contributed by atoms with Crippen LogP contribution in [0.15, 0.2) is 59.1 Å². The van der Waals surface area contributed by atoms with E-state index in [0.29, 0.717) is 0 Å². The smallest absolute Gasteiger partial charge is 0.140 e. The van der Waals surface area contributed by atoms with Crippen molar-refractivity contribution < 1.29 is 4.74 Å². The van der Waals surface area contributed by atoms with E-state index in [4.69, 9.17) is 4.74 Å². The summed E-state index contributed by atoms with van der Waals surface area (Å²) >= 11 is 3.59. The third-order valence-electron chi connectivity index (χ3n) is 3.47. The van der Waals surface area contributed by atoms with Crippen molar-refractivity contribution in [1.29, 1.82) is 0 Å². The molecule has 0 fully saturated rings. The maximum Gasteiger partial charge on any atom is 0.140 e. The van der Waals surface area contributed by atoms with Crippen molar-refractivity contribution in [3.63, 3.8) is 0 Å². The van der Waals surface area contributed by atoms with Crippen LogP contribution in [0, 0.1) is 6.92 Å². The molecule has 0 saturated carbocycles. The van der Waals surface area contributed by atoms with Crippen molar-refractivity contribution in [3.8, 4) is 16.9 Å². The molecule has 0 unspecified atom stereocenters. The van der Waals surface area contributed by atoms with Crippen LogP contribution in [-0.4, -0.2) is 7.11 Å².